The van der Waals surface area contributed by atoms with Gasteiger partial charge in [-0.2, -0.15) is 0 Å². The third-order valence-electron chi connectivity index (χ3n) is 3.13. The summed E-state index contributed by atoms with van der Waals surface area (Å²) in [5.74, 6) is 0. The maximum Gasteiger partial charge on any atom is 4.00 e. The molecule has 1 aliphatic rings. The van der Waals surface area contributed by atoms with Crippen molar-refractivity contribution < 1.29 is 58.9 Å². The summed E-state index contributed by atoms with van der Waals surface area (Å²) in [6, 6.07) is 1.74. The number of nitrogens with one attached hydrogen (secondary N) is 2. The molecule has 0 amide bonds. The molecule has 114 valence electrons. The smallest absolute Gasteiger partial charge is 1.00 e. The Labute approximate surface area is 152 Å². The van der Waals surface area contributed by atoms with Crippen molar-refractivity contribution in [2.75, 3.05) is 19.6 Å². The molecule has 0 aromatic rings. The molecule has 2 N–H and O–H groups in total. The average Bonchev–Trinajstić information content (AvgIpc) is 2.16. The van der Waals surface area contributed by atoms with E-state index in [9.17, 15) is 0 Å². The number of nitrogens with zero attached hydrogens (tertiary/aromatic N) is 1. The van der Waals surface area contributed by atoms with Crippen LogP contribution in [0.25, 0.3) is 5.32 Å². The quantitative estimate of drug-likeness (QED) is 0.418. The molecule has 19 heavy (non-hydrogen) atoms. The van der Waals surface area contributed by atoms with Crippen molar-refractivity contribution in [3.63, 3.8) is 0 Å². The van der Waals surface area contributed by atoms with Gasteiger partial charge in [-0.15, -0.1) is 12.6 Å². The number of hydrogen-bond donors (Lipinski definition) is 2. The Morgan fingerprint density at radius 3 is 1.84 bits per heavy atom. The molecule has 0 saturated carbocycles. The van der Waals surface area contributed by atoms with Gasteiger partial charge in [0.25, 0.3) is 0 Å². The molecular formula is C12H26Cl3N3Ti. The fourth-order valence-electron chi connectivity index (χ4n) is 1.87. The zero-order valence-electron chi connectivity index (χ0n) is 12.1. The molecule has 0 radical (unpaired) electrons. The van der Waals surface area contributed by atoms with E-state index in [1.807, 2.05) is 0 Å². The fraction of sp³-hybridized carbons (Fsp3) is 1.00. The summed E-state index contributed by atoms with van der Waals surface area (Å²) < 4.78 is 0. The van der Waals surface area contributed by atoms with E-state index >= 15 is 0 Å². The minimum absolute atomic E-state index is 0. The third kappa shape index (κ3) is 15.7. The number of hydrogen-bond acceptors (Lipinski definition) is 2. The molecule has 1 rings (SSSR count). The fourth-order valence-corrected chi connectivity index (χ4v) is 1.87. The summed E-state index contributed by atoms with van der Waals surface area (Å²) in [6.45, 7) is 9.96. The molecule has 0 aromatic carbocycles. The van der Waals surface area contributed by atoms with Crippen molar-refractivity contribution in [1.29, 1.82) is 0 Å². The number of halogens is 3. The van der Waals surface area contributed by atoms with Crippen molar-refractivity contribution in [3.8, 4) is 0 Å². The van der Waals surface area contributed by atoms with Crippen LogP contribution in [0.1, 0.15) is 40.0 Å². The van der Waals surface area contributed by atoms with E-state index in [1.54, 1.807) is 0 Å². The Morgan fingerprint density at radius 1 is 0.789 bits per heavy atom. The Balaban J connectivity index is -0.000000281. The van der Waals surface area contributed by atoms with Crippen LogP contribution in [0.4, 0.5) is 0 Å². The van der Waals surface area contributed by atoms with Gasteiger partial charge in [-0.3, -0.25) is 0 Å². The van der Waals surface area contributed by atoms with Crippen molar-refractivity contribution >= 4 is 0 Å². The van der Waals surface area contributed by atoms with Gasteiger partial charge in [-0.25, -0.2) is 0 Å². The summed E-state index contributed by atoms with van der Waals surface area (Å²) in [6.07, 6.45) is 3.56. The molecule has 3 nitrogen and oxygen atoms in total. The molecule has 1 fully saturated rings. The van der Waals surface area contributed by atoms with Gasteiger partial charge in [-0.05, 0) is 33.4 Å². The van der Waals surface area contributed by atoms with Gasteiger partial charge in [0.05, 0.1) is 0 Å². The Bertz CT molecular complexity index is 138. The van der Waals surface area contributed by atoms with Crippen LogP contribution in [0, 0.1) is 0 Å². The zero-order chi connectivity index (χ0) is 11.1. The minimum Gasteiger partial charge on any atom is -1.00 e. The van der Waals surface area contributed by atoms with Crippen LogP contribution >= 0.6 is 0 Å². The molecular weight excluding hydrogens is 340 g/mol. The van der Waals surface area contributed by atoms with Gasteiger partial charge in [0.1, 0.15) is 0 Å². The van der Waals surface area contributed by atoms with Crippen molar-refractivity contribution in [2.24, 2.45) is 0 Å². The molecule has 1 heterocycles. The van der Waals surface area contributed by atoms with Crippen LogP contribution in [-0.4, -0.2) is 37.8 Å². The zero-order valence-corrected chi connectivity index (χ0v) is 15.9. The van der Waals surface area contributed by atoms with Gasteiger partial charge >= 0.3 is 21.7 Å². The molecule has 3 unspecified atom stereocenters. The SMILES string of the molecule is CC1CCNC(C)CCNC(C)CC[N-]1.[Cl-].[Cl-].[Cl-].[Ti+4]. The molecule has 1 saturated heterocycles. The molecule has 0 bridgehead atoms. The van der Waals surface area contributed by atoms with Crippen LogP contribution < -0.4 is 47.9 Å². The first-order valence-electron chi connectivity index (χ1n) is 6.32. The Kier molecular flexibility index (Phi) is 26.4. The first-order chi connectivity index (χ1) is 7.18. The predicted octanol–water partition coefficient (Wildman–Crippen LogP) is -7.10. The van der Waals surface area contributed by atoms with Crippen LogP contribution in [0.2, 0.25) is 0 Å². The standard InChI is InChI=1S/C12H26N3.3ClH.Ti/c1-10-4-7-14-12(3)6-9-15-11(2)5-8-13-10;;;;/h10-14H,4-9H2,1-3H3;3*1H;/q-1;;;;+4/p-3. The molecule has 0 aromatic heterocycles. The molecule has 3 atom stereocenters. The van der Waals surface area contributed by atoms with E-state index in [-0.39, 0.29) is 58.9 Å². The second-order valence-corrected chi connectivity index (χ2v) is 4.83. The topological polar surface area (TPSA) is 38.2 Å². The van der Waals surface area contributed by atoms with Crippen LogP contribution in [-0.2, 0) is 21.7 Å². The molecule has 1 aliphatic heterocycles. The summed E-state index contributed by atoms with van der Waals surface area (Å²) in [7, 11) is 0. The van der Waals surface area contributed by atoms with Gasteiger partial charge < -0.3 is 53.2 Å². The van der Waals surface area contributed by atoms with Gasteiger partial charge in [0.2, 0.25) is 0 Å². The minimum atomic E-state index is 0. The van der Waals surface area contributed by atoms with Crippen molar-refractivity contribution in [2.45, 2.75) is 58.2 Å². The molecule has 0 spiro atoms. The van der Waals surface area contributed by atoms with Crippen LogP contribution in [0.5, 0.6) is 0 Å². The van der Waals surface area contributed by atoms with Crippen molar-refractivity contribution in [1.82, 2.24) is 10.6 Å². The van der Waals surface area contributed by atoms with Crippen molar-refractivity contribution in [3.05, 3.63) is 5.32 Å². The second kappa shape index (κ2) is 17.5. The Hall–Kier alpha value is 1.46. The van der Waals surface area contributed by atoms with E-state index in [0.29, 0.717) is 18.1 Å². The summed E-state index contributed by atoms with van der Waals surface area (Å²) >= 11 is 0. The predicted molar refractivity (Wildman–Crippen MR) is 66.5 cm³/mol. The summed E-state index contributed by atoms with van der Waals surface area (Å²) in [5.41, 5.74) is 0. The summed E-state index contributed by atoms with van der Waals surface area (Å²) in [5, 5.41) is 11.7. The normalized spacial score (nSPS) is 28.9. The summed E-state index contributed by atoms with van der Waals surface area (Å²) in [4.78, 5) is 0. The van der Waals surface area contributed by atoms with Crippen LogP contribution in [0.15, 0.2) is 0 Å². The second-order valence-electron chi connectivity index (χ2n) is 4.83. The van der Waals surface area contributed by atoms with E-state index < -0.39 is 0 Å². The third-order valence-corrected chi connectivity index (χ3v) is 3.13. The monoisotopic (exact) mass is 365 g/mol. The number of rotatable bonds is 0. The maximum absolute atomic E-state index is 4.65. The first-order valence-corrected chi connectivity index (χ1v) is 6.32. The van der Waals surface area contributed by atoms with Gasteiger partial charge in [0.15, 0.2) is 0 Å². The molecule has 0 aliphatic carbocycles. The maximum atomic E-state index is 4.65. The van der Waals surface area contributed by atoms with E-state index in [0.717, 1.165) is 19.6 Å². The van der Waals surface area contributed by atoms with E-state index in [4.69, 9.17) is 0 Å². The van der Waals surface area contributed by atoms with Crippen LogP contribution in [0.3, 0.4) is 0 Å². The van der Waals surface area contributed by atoms with E-state index in [1.165, 1.54) is 19.3 Å². The average molecular weight is 367 g/mol. The van der Waals surface area contributed by atoms with Gasteiger partial charge in [-0.1, -0.05) is 19.8 Å². The Morgan fingerprint density at radius 2 is 1.26 bits per heavy atom. The van der Waals surface area contributed by atoms with Gasteiger partial charge in [0, 0.05) is 12.1 Å². The molecule has 7 heteroatoms. The first kappa shape index (κ1) is 28.6. The van der Waals surface area contributed by atoms with E-state index in [2.05, 4.69) is 36.7 Å². The largest absolute Gasteiger partial charge is 4.00 e.